The average molecular weight is 444 g/mol. The van der Waals surface area contributed by atoms with E-state index >= 15 is 0 Å². The maximum atomic E-state index is 12.0. The van der Waals surface area contributed by atoms with Crippen LogP contribution in [0.15, 0.2) is 35.5 Å². The van der Waals surface area contributed by atoms with Gasteiger partial charge in [0.2, 0.25) is 0 Å². The van der Waals surface area contributed by atoms with E-state index in [1.54, 1.807) is 6.92 Å². The molecule has 4 rings (SSSR count). The molecule has 178 valence electrons. The van der Waals surface area contributed by atoms with Gasteiger partial charge < -0.3 is 20.6 Å². The summed E-state index contributed by atoms with van der Waals surface area (Å²) in [6, 6.07) is 0.0636. The second kappa shape index (κ2) is 8.73. The second-order valence-corrected chi connectivity index (χ2v) is 11.5. The van der Waals surface area contributed by atoms with Crippen LogP contribution in [0.25, 0.3) is 0 Å². The number of fused-ring (bicyclic) bond motifs is 1. The van der Waals surface area contributed by atoms with Crippen LogP contribution in [-0.4, -0.2) is 45.1 Å². The van der Waals surface area contributed by atoms with Gasteiger partial charge in [-0.05, 0) is 86.2 Å². The van der Waals surface area contributed by atoms with Crippen LogP contribution >= 0.6 is 0 Å². The molecule has 4 aliphatic rings. The summed E-state index contributed by atoms with van der Waals surface area (Å²) in [6.45, 7) is 10.5. The topological polar surface area (TPSA) is 89.8 Å². The Hall–Kier alpha value is -1.43. The third kappa shape index (κ3) is 4.36. The smallest absolute Gasteiger partial charge is 0.251 e. The molecule has 1 saturated heterocycles. The number of hydrogen-bond acceptors (Lipinski definition) is 4. The summed E-state index contributed by atoms with van der Waals surface area (Å²) in [6.07, 6.45) is 11.5. The van der Waals surface area contributed by atoms with Gasteiger partial charge in [-0.2, -0.15) is 0 Å². The average Bonchev–Trinajstić information content (AvgIpc) is 3.18. The normalized spacial score (nSPS) is 45.9. The van der Waals surface area contributed by atoms with Gasteiger partial charge >= 0.3 is 0 Å². The maximum Gasteiger partial charge on any atom is 0.251 e. The first kappa shape index (κ1) is 23.7. The summed E-state index contributed by atoms with van der Waals surface area (Å²) < 4.78 is 0. The number of hydrogen-bond donors (Lipinski definition) is 4. The number of allylic oxidation sites excluding steroid dienone is 3. The van der Waals surface area contributed by atoms with Crippen molar-refractivity contribution in [1.29, 1.82) is 0 Å². The van der Waals surface area contributed by atoms with Gasteiger partial charge in [0, 0.05) is 18.9 Å². The summed E-state index contributed by atoms with van der Waals surface area (Å²) >= 11 is 0. The van der Waals surface area contributed by atoms with Gasteiger partial charge in [-0.15, -0.1) is 0 Å². The number of amides is 1. The highest BCUT2D eigenvalue weighted by molar-refractivity contribution is 5.87. The van der Waals surface area contributed by atoms with Crippen molar-refractivity contribution in [2.75, 3.05) is 0 Å². The van der Waals surface area contributed by atoms with E-state index in [9.17, 15) is 20.1 Å². The van der Waals surface area contributed by atoms with E-state index in [-0.39, 0.29) is 17.4 Å². The van der Waals surface area contributed by atoms with Crippen LogP contribution in [0.5, 0.6) is 0 Å². The van der Waals surface area contributed by atoms with Gasteiger partial charge in [-0.25, -0.2) is 0 Å². The molecular weight excluding hydrogens is 402 g/mol. The van der Waals surface area contributed by atoms with Crippen molar-refractivity contribution in [1.82, 2.24) is 5.32 Å². The number of carbonyl (C=O) groups is 1. The minimum atomic E-state index is -1.23. The SMILES string of the molecule is C=C1/C(=C\C=C2/CCC[C@@]3(C)C2CC[C@@H]3[C@H](C)C[C@H]2C[C@](C)(O)C(=O)N2)C[C@@H](O)C[C@@H]1O. The van der Waals surface area contributed by atoms with E-state index in [0.717, 1.165) is 24.0 Å². The molecule has 8 atom stereocenters. The van der Waals surface area contributed by atoms with Crippen molar-refractivity contribution in [2.24, 2.45) is 23.2 Å². The zero-order chi connectivity index (χ0) is 23.3. The zero-order valence-corrected chi connectivity index (χ0v) is 19.9. The first-order chi connectivity index (χ1) is 15.0. The molecule has 0 aromatic rings. The van der Waals surface area contributed by atoms with Gasteiger partial charge in [-0.1, -0.05) is 38.2 Å². The monoisotopic (exact) mass is 443 g/mol. The lowest BCUT2D eigenvalue weighted by Gasteiger charge is -2.44. The van der Waals surface area contributed by atoms with E-state index < -0.39 is 17.8 Å². The van der Waals surface area contributed by atoms with E-state index in [1.807, 2.05) is 0 Å². The Morgan fingerprint density at radius 2 is 2.00 bits per heavy atom. The summed E-state index contributed by atoms with van der Waals surface area (Å²) in [5, 5.41) is 33.4. The highest BCUT2D eigenvalue weighted by Crippen LogP contribution is 2.60. The fourth-order valence-corrected chi connectivity index (χ4v) is 7.40. The van der Waals surface area contributed by atoms with Crippen molar-refractivity contribution in [3.63, 3.8) is 0 Å². The molecule has 3 aliphatic carbocycles. The number of aliphatic hydroxyl groups is 3. The zero-order valence-electron chi connectivity index (χ0n) is 19.9. The van der Waals surface area contributed by atoms with Crippen LogP contribution in [0.1, 0.15) is 78.6 Å². The minimum Gasteiger partial charge on any atom is -0.393 e. The van der Waals surface area contributed by atoms with E-state index in [4.69, 9.17) is 0 Å². The van der Waals surface area contributed by atoms with Gasteiger partial charge in [0.05, 0.1) is 12.2 Å². The molecule has 0 bridgehead atoms. The highest BCUT2D eigenvalue weighted by Gasteiger charge is 2.51. The van der Waals surface area contributed by atoms with Crippen molar-refractivity contribution >= 4 is 5.91 Å². The summed E-state index contributed by atoms with van der Waals surface area (Å²) in [4.78, 5) is 12.0. The summed E-state index contributed by atoms with van der Waals surface area (Å²) in [5.41, 5.74) is 2.25. The molecule has 0 aromatic heterocycles. The largest absolute Gasteiger partial charge is 0.393 e. The molecule has 0 aromatic carbocycles. The molecule has 3 saturated carbocycles. The van der Waals surface area contributed by atoms with Gasteiger partial charge in [0.1, 0.15) is 5.60 Å². The number of nitrogens with one attached hydrogen (secondary N) is 1. The number of aliphatic hydroxyl groups excluding tert-OH is 2. The first-order valence-corrected chi connectivity index (χ1v) is 12.5. The van der Waals surface area contributed by atoms with E-state index in [1.165, 1.54) is 31.3 Å². The van der Waals surface area contributed by atoms with Crippen LogP contribution in [0, 0.1) is 23.2 Å². The van der Waals surface area contributed by atoms with Gasteiger partial charge in [0.25, 0.3) is 5.91 Å². The minimum absolute atomic E-state index is 0.0636. The molecule has 0 radical (unpaired) electrons. The number of rotatable bonds is 4. The Balaban J connectivity index is 1.47. The van der Waals surface area contributed by atoms with Crippen LogP contribution in [0.2, 0.25) is 0 Å². The maximum absolute atomic E-state index is 12.0. The Bertz CT molecular complexity index is 828. The molecular formula is C27H41NO4. The van der Waals surface area contributed by atoms with E-state index in [0.29, 0.717) is 37.0 Å². The van der Waals surface area contributed by atoms with Crippen molar-refractivity contribution in [2.45, 2.75) is 102 Å². The Morgan fingerprint density at radius 3 is 2.69 bits per heavy atom. The summed E-state index contributed by atoms with van der Waals surface area (Å²) in [7, 11) is 0. The Labute approximate surface area is 192 Å². The fourth-order valence-electron chi connectivity index (χ4n) is 7.40. The fraction of sp³-hybridized carbons (Fsp3) is 0.741. The first-order valence-electron chi connectivity index (χ1n) is 12.5. The lowest BCUT2D eigenvalue weighted by atomic mass is 9.60. The molecule has 5 heteroatoms. The van der Waals surface area contributed by atoms with Crippen molar-refractivity contribution in [3.8, 4) is 0 Å². The molecule has 1 amide bonds. The third-order valence-electron chi connectivity index (χ3n) is 9.11. The predicted octanol–water partition coefficient (Wildman–Crippen LogP) is 3.79. The Kier molecular flexibility index (Phi) is 6.47. The molecule has 4 N–H and O–H groups in total. The highest BCUT2D eigenvalue weighted by atomic mass is 16.3. The third-order valence-corrected chi connectivity index (χ3v) is 9.11. The van der Waals surface area contributed by atoms with Crippen molar-refractivity contribution in [3.05, 3.63) is 35.5 Å². The number of carbonyl (C=O) groups excluding carboxylic acids is 1. The summed E-state index contributed by atoms with van der Waals surface area (Å²) in [5.74, 6) is 1.43. The quantitative estimate of drug-likeness (QED) is 0.532. The van der Waals surface area contributed by atoms with Gasteiger partial charge in [-0.3, -0.25) is 4.79 Å². The molecule has 4 fully saturated rings. The molecule has 32 heavy (non-hydrogen) atoms. The molecule has 1 aliphatic heterocycles. The van der Waals surface area contributed by atoms with Gasteiger partial charge in [0.15, 0.2) is 0 Å². The lowest BCUT2D eigenvalue weighted by Crippen LogP contribution is -2.38. The Morgan fingerprint density at radius 1 is 1.25 bits per heavy atom. The molecule has 5 nitrogen and oxygen atoms in total. The van der Waals surface area contributed by atoms with Crippen LogP contribution < -0.4 is 5.32 Å². The van der Waals surface area contributed by atoms with Crippen LogP contribution in [0.3, 0.4) is 0 Å². The molecule has 0 spiro atoms. The van der Waals surface area contributed by atoms with E-state index in [2.05, 4.69) is 37.9 Å². The molecule has 1 unspecified atom stereocenters. The van der Waals surface area contributed by atoms with Crippen LogP contribution in [-0.2, 0) is 4.79 Å². The lowest BCUT2D eigenvalue weighted by molar-refractivity contribution is -0.133. The van der Waals surface area contributed by atoms with Crippen LogP contribution in [0.4, 0.5) is 0 Å². The molecule has 1 heterocycles. The second-order valence-electron chi connectivity index (χ2n) is 11.5. The van der Waals surface area contributed by atoms with Crippen molar-refractivity contribution < 1.29 is 20.1 Å². The predicted molar refractivity (Wildman–Crippen MR) is 126 cm³/mol. The standard InChI is InChI=1S/C27H41NO4/c1-16(12-20-15-27(4,32)25(31)28-20)22-9-10-23-18(6-5-11-26(22,23)3)7-8-19-13-21(29)14-24(30)17(19)2/h7-8,16,20-24,29-30,32H,2,5-6,9-15H2,1,3-4H3,(H,28,31)/b18-7+,19-8-/t16-,20+,21-,22-,23?,24+,26-,27+/m1/s1.